The second-order valence-corrected chi connectivity index (χ2v) is 6.07. The molecule has 2 rings (SSSR count). The fourth-order valence-corrected chi connectivity index (χ4v) is 2.44. The van der Waals surface area contributed by atoms with Gasteiger partial charge in [-0.1, -0.05) is 53.6 Å². The smallest absolute Gasteiger partial charge is 0.191 e. The fourth-order valence-electron chi connectivity index (χ4n) is 2.32. The van der Waals surface area contributed by atoms with Crippen molar-refractivity contribution in [1.82, 2.24) is 10.6 Å². The van der Waals surface area contributed by atoms with Gasteiger partial charge in [0.15, 0.2) is 5.96 Å². The largest absolute Gasteiger partial charge is 0.387 e. The first-order chi connectivity index (χ1) is 11.6. The second-order valence-electron chi connectivity index (χ2n) is 5.63. The van der Waals surface area contributed by atoms with E-state index >= 15 is 0 Å². The lowest BCUT2D eigenvalue weighted by Crippen LogP contribution is -2.39. The van der Waals surface area contributed by atoms with Crippen LogP contribution in [0, 0.1) is 6.92 Å². The van der Waals surface area contributed by atoms with Crippen molar-refractivity contribution in [2.45, 2.75) is 26.5 Å². The zero-order chi connectivity index (χ0) is 17.4. The number of hydrogen-bond acceptors (Lipinski definition) is 2. The average Bonchev–Trinajstić information content (AvgIpc) is 2.58. The maximum atomic E-state index is 10.3. The van der Waals surface area contributed by atoms with Crippen LogP contribution in [0.15, 0.2) is 53.5 Å². The molecule has 0 amide bonds. The number of nitrogens with zero attached hydrogens (tertiary/aromatic N) is 1. The van der Waals surface area contributed by atoms with E-state index < -0.39 is 6.10 Å². The number of guanidine groups is 1. The van der Waals surface area contributed by atoms with Crippen LogP contribution in [0.2, 0.25) is 5.02 Å². The molecule has 0 saturated heterocycles. The lowest BCUT2D eigenvalue weighted by molar-refractivity contribution is 0.181. The van der Waals surface area contributed by atoms with E-state index in [4.69, 9.17) is 11.6 Å². The van der Waals surface area contributed by atoms with E-state index in [9.17, 15) is 5.11 Å². The van der Waals surface area contributed by atoms with E-state index in [2.05, 4.69) is 40.7 Å². The number of nitrogens with one attached hydrogen (secondary N) is 2. The molecule has 0 bridgehead atoms. The Morgan fingerprint density at radius 1 is 1.16 bits per heavy atom. The molecule has 6 heteroatoms. The summed E-state index contributed by atoms with van der Waals surface area (Å²) in [4.78, 5) is 4.57. The molecule has 1 atom stereocenters. The monoisotopic (exact) mass is 473 g/mol. The van der Waals surface area contributed by atoms with Crippen molar-refractivity contribution in [3.05, 3.63) is 70.2 Å². The first-order valence-corrected chi connectivity index (χ1v) is 8.47. The maximum Gasteiger partial charge on any atom is 0.191 e. The van der Waals surface area contributed by atoms with Gasteiger partial charge < -0.3 is 15.7 Å². The fraction of sp³-hybridized carbons (Fsp3) is 0.316. The van der Waals surface area contributed by atoms with Gasteiger partial charge in [0.1, 0.15) is 0 Å². The summed E-state index contributed by atoms with van der Waals surface area (Å²) in [5.74, 6) is 0.687. The Hall–Kier alpha value is -1.31. The second kappa shape index (κ2) is 11.3. The lowest BCUT2D eigenvalue weighted by atomic mass is 10.1. The summed E-state index contributed by atoms with van der Waals surface area (Å²) in [5.41, 5.74) is 3.20. The summed E-state index contributed by atoms with van der Waals surface area (Å²) in [6.45, 7) is 5.81. The molecule has 2 aromatic rings. The van der Waals surface area contributed by atoms with Crippen LogP contribution in [0.5, 0.6) is 0 Å². The Morgan fingerprint density at radius 3 is 2.52 bits per heavy atom. The Kier molecular flexibility index (Phi) is 9.85. The van der Waals surface area contributed by atoms with E-state index in [1.165, 1.54) is 5.56 Å². The van der Waals surface area contributed by atoms with Crippen LogP contribution >= 0.6 is 35.6 Å². The first-order valence-electron chi connectivity index (χ1n) is 8.09. The predicted molar refractivity (Wildman–Crippen MR) is 116 cm³/mol. The number of halogens is 2. The van der Waals surface area contributed by atoms with Gasteiger partial charge in [0.05, 0.1) is 12.6 Å². The number of aryl methyl sites for hydroxylation is 1. The molecule has 0 aliphatic rings. The summed E-state index contributed by atoms with van der Waals surface area (Å²) in [6.07, 6.45) is -0.620. The van der Waals surface area contributed by atoms with E-state index in [1.807, 2.05) is 25.1 Å². The topological polar surface area (TPSA) is 56.7 Å². The molecule has 0 aromatic heterocycles. The molecule has 3 N–H and O–H groups in total. The molecular weight excluding hydrogens is 449 g/mol. The molecule has 4 nitrogen and oxygen atoms in total. The number of aliphatic hydroxyl groups excluding tert-OH is 1. The average molecular weight is 474 g/mol. The third-order valence-corrected chi connectivity index (χ3v) is 3.82. The molecule has 0 fully saturated rings. The minimum atomic E-state index is -0.620. The predicted octanol–water partition coefficient (Wildman–Crippen LogP) is 4.06. The maximum absolute atomic E-state index is 10.3. The van der Waals surface area contributed by atoms with Gasteiger partial charge in [-0.25, -0.2) is 4.99 Å². The summed E-state index contributed by atoms with van der Waals surface area (Å²) in [5, 5.41) is 17.3. The van der Waals surface area contributed by atoms with Gasteiger partial charge >= 0.3 is 0 Å². The highest BCUT2D eigenvalue weighted by Gasteiger charge is 2.08. The Balaban J connectivity index is 0.00000312. The van der Waals surface area contributed by atoms with Crippen molar-refractivity contribution in [1.29, 1.82) is 0 Å². The molecule has 0 aliphatic carbocycles. The number of benzene rings is 2. The summed E-state index contributed by atoms with van der Waals surface area (Å²) < 4.78 is 0. The zero-order valence-corrected chi connectivity index (χ0v) is 17.6. The van der Waals surface area contributed by atoms with Crippen LogP contribution in [0.3, 0.4) is 0 Å². The molecule has 2 aromatic carbocycles. The molecule has 0 saturated carbocycles. The Bertz CT molecular complexity index is 677. The molecule has 25 heavy (non-hydrogen) atoms. The molecular formula is C19H25ClIN3O. The van der Waals surface area contributed by atoms with Crippen LogP contribution < -0.4 is 10.6 Å². The number of aliphatic imine (C=N–C) groups is 1. The molecule has 0 aliphatic heterocycles. The highest BCUT2D eigenvalue weighted by molar-refractivity contribution is 14.0. The van der Waals surface area contributed by atoms with Gasteiger partial charge in [0.25, 0.3) is 0 Å². The molecule has 0 heterocycles. The van der Waals surface area contributed by atoms with Crippen molar-refractivity contribution < 1.29 is 5.11 Å². The third-order valence-electron chi connectivity index (χ3n) is 3.56. The van der Waals surface area contributed by atoms with Gasteiger partial charge in [-0.3, -0.25) is 0 Å². The zero-order valence-electron chi connectivity index (χ0n) is 14.5. The van der Waals surface area contributed by atoms with Crippen LogP contribution in [0.25, 0.3) is 0 Å². The minimum absolute atomic E-state index is 0. The van der Waals surface area contributed by atoms with Crippen molar-refractivity contribution in [2.24, 2.45) is 4.99 Å². The van der Waals surface area contributed by atoms with Gasteiger partial charge in [-0.05, 0) is 37.1 Å². The SMILES string of the molecule is CCNC(=NCc1cccc(C)c1)NCC(O)c1ccc(Cl)cc1.I. The molecule has 136 valence electrons. The molecule has 0 spiro atoms. The third kappa shape index (κ3) is 7.63. The highest BCUT2D eigenvalue weighted by Crippen LogP contribution is 2.15. The van der Waals surface area contributed by atoms with Gasteiger partial charge in [-0.2, -0.15) is 0 Å². The Morgan fingerprint density at radius 2 is 1.88 bits per heavy atom. The molecule has 1 unspecified atom stereocenters. The van der Waals surface area contributed by atoms with Gasteiger partial charge in [-0.15, -0.1) is 24.0 Å². The van der Waals surface area contributed by atoms with Crippen molar-refractivity contribution in [2.75, 3.05) is 13.1 Å². The molecule has 0 radical (unpaired) electrons. The van der Waals surface area contributed by atoms with Gasteiger partial charge in [0.2, 0.25) is 0 Å². The first kappa shape index (κ1) is 21.7. The van der Waals surface area contributed by atoms with E-state index in [1.54, 1.807) is 12.1 Å². The van der Waals surface area contributed by atoms with E-state index in [0.29, 0.717) is 24.1 Å². The summed E-state index contributed by atoms with van der Waals surface area (Å²) in [6, 6.07) is 15.5. The van der Waals surface area contributed by atoms with Crippen LogP contribution in [0.4, 0.5) is 0 Å². The quantitative estimate of drug-likeness (QED) is 0.337. The van der Waals surface area contributed by atoms with E-state index in [-0.39, 0.29) is 24.0 Å². The highest BCUT2D eigenvalue weighted by atomic mass is 127. The summed E-state index contributed by atoms with van der Waals surface area (Å²) >= 11 is 5.87. The van der Waals surface area contributed by atoms with Crippen molar-refractivity contribution >= 4 is 41.5 Å². The number of rotatable bonds is 6. The van der Waals surface area contributed by atoms with Crippen molar-refractivity contribution in [3.63, 3.8) is 0 Å². The number of aliphatic hydroxyl groups is 1. The normalized spacial score (nSPS) is 12.2. The van der Waals surface area contributed by atoms with E-state index in [0.717, 1.165) is 17.7 Å². The standard InChI is InChI=1S/C19H24ClN3O.HI/c1-3-21-19(22-12-15-6-4-5-14(2)11-15)23-13-18(24)16-7-9-17(20)10-8-16;/h4-11,18,24H,3,12-13H2,1-2H3,(H2,21,22,23);1H. The van der Waals surface area contributed by atoms with Crippen molar-refractivity contribution in [3.8, 4) is 0 Å². The number of hydrogen-bond donors (Lipinski definition) is 3. The van der Waals surface area contributed by atoms with Crippen LogP contribution in [0.1, 0.15) is 29.7 Å². The lowest BCUT2D eigenvalue weighted by Gasteiger charge is -2.15. The minimum Gasteiger partial charge on any atom is -0.387 e. The summed E-state index contributed by atoms with van der Waals surface area (Å²) in [7, 11) is 0. The Labute approximate surface area is 171 Å². The van der Waals surface area contributed by atoms with Gasteiger partial charge in [0, 0.05) is 18.1 Å². The van der Waals surface area contributed by atoms with Crippen LogP contribution in [-0.2, 0) is 6.54 Å². The van der Waals surface area contributed by atoms with Crippen LogP contribution in [-0.4, -0.2) is 24.2 Å².